The molecule has 1 aromatic carbocycles. The number of ether oxygens (including phenoxy) is 2. The summed E-state index contributed by atoms with van der Waals surface area (Å²) in [4.78, 5) is 23.1. The Kier molecular flexibility index (Phi) is 6.34. The molecule has 0 spiro atoms. The molecule has 3 N–H and O–H groups in total. The lowest BCUT2D eigenvalue weighted by Gasteiger charge is -2.21. The van der Waals surface area contributed by atoms with Crippen molar-refractivity contribution in [3.05, 3.63) is 53.7 Å². The maximum absolute atomic E-state index is 14.4. The molecule has 4 heterocycles. The van der Waals surface area contributed by atoms with Crippen LogP contribution in [0.1, 0.15) is 35.8 Å². The Labute approximate surface area is 203 Å². The molecule has 3 aromatic rings. The Bertz CT molecular complexity index is 1240. The zero-order valence-corrected chi connectivity index (χ0v) is 20.2. The van der Waals surface area contributed by atoms with Gasteiger partial charge in [0.1, 0.15) is 12.4 Å². The van der Waals surface area contributed by atoms with Crippen molar-refractivity contribution in [2.75, 3.05) is 32.6 Å². The van der Waals surface area contributed by atoms with Crippen LogP contribution >= 0.6 is 0 Å². The number of halogens is 1. The fourth-order valence-corrected chi connectivity index (χ4v) is 4.96. The van der Waals surface area contributed by atoms with Crippen LogP contribution in [0.15, 0.2) is 36.7 Å². The predicted octanol–water partition coefficient (Wildman–Crippen LogP) is 4.12. The molecular weight excluding hydrogens is 449 g/mol. The number of aromatic nitrogens is 2. The lowest BCUT2D eigenvalue weighted by atomic mass is 10.0. The van der Waals surface area contributed by atoms with Crippen LogP contribution < -0.4 is 20.1 Å². The number of fused-ring (bicyclic) bond motifs is 1. The molecule has 9 heteroatoms. The van der Waals surface area contributed by atoms with Crippen LogP contribution in [0.25, 0.3) is 11.3 Å². The third-order valence-electron chi connectivity index (χ3n) is 6.78. The second-order valence-electron chi connectivity index (χ2n) is 9.21. The summed E-state index contributed by atoms with van der Waals surface area (Å²) in [6.07, 6.45) is 6.28. The number of amides is 1. The topological polar surface area (TPSA) is 91.5 Å². The first kappa shape index (κ1) is 23.2. The second-order valence-corrected chi connectivity index (χ2v) is 9.21. The summed E-state index contributed by atoms with van der Waals surface area (Å²) in [6, 6.07) is 6.85. The summed E-state index contributed by atoms with van der Waals surface area (Å²) in [5, 5.41) is 6.27. The van der Waals surface area contributed by atoms with Crippen LogP contribution in [0.5, 0.6) is 11.5 Å². The summed E-state index contributed by atoms with van der Waals surface area (Å²) in [6.45, 7) is 3.57. The number of anilines is 2. The van der Waals surface area contributed by atoms with Gasteiger partial charge in [-0.05, 0) is 51.6 Å². The van der Waals surface area contributed by atoms with Gasteiger partial charge in [0.05, 0.1) is 35.9 Å². The van der Waals surface area contributed by atoms with E-state index in [2.05, 4.69) is 32.5 Å². The molecule has 2 aromatic heterocycles. The maximum Gasteiger partial charge on any atom is 0.255 e. The number of methoxy groups -OCH3 is 1. The molecule has 0 radical (unpaired) electrons. The molecular formula is C26H30FN5O3. The SMILES string of the molecule is COc1c(F)cccc1Nc1c(-c2ccncc2OC[C@H]2CCCN2C)[nH]c2c1C(=O)N[C@H](C)C2. The van der Waals surface area contributed by atoms with Crippen molar-refractivity contribution in [3.63, 3.8) is 0 Å². The van der Waals surface area contributed by atoms with Crippen LogP contribution in [0.3, 0.4) is 0 Å². The molecule has 0 aliphatic carbocycles. The molecule has 8 nitrogen and oxygen atoms in total. The van der Waals surface area contributed by atoms with Crippen molar-refractivity contribution in [3.8, 4) is 22.8 Å². The minimum absolute atomic E-state index is 0.0101. The lowest BCUT2D eigenvalue weighted by molar-refractivity contribution is 0.0930. The number of likely N-dealkylation sites (tertiary alicyclic amines) is 1. The first-order valence-electron chi connectivity index (χ1n) is 11.9. The van der Waals surface area contributed by atoms with Crippen LogP contribution in [0, 0.1) is 5.82 Å². The van der Waals surface area contributed by atoms with E-state index >= 15 is 0 Å². The van der Waals surface area contributed by atoms with Crippen molar-refractivity contribution < 1.29 is 18.7 Å². The van der Waals surface area contributed by atoms with E-state index in [9.17, 15) is 9.18 Å². The van der Waals surface area contributed by atoms with Crippen molar-refractivity contribution in [2.45, 2.75) is 38.3 Å². The number of likely N-dealkylation sites (N-methyl/N-ethyl adjacent to an activating group) is 1. The summed E-state index contributed by atoms with van der Waals surface area (Å²) in [7, 11) is 3.53. The monoisotopic (exact) mass is 479 g/mol. The summed E-state index contributed by atoms with van der Waals surface area (Å²) in [5.74, 6) is 0.0148. The highest BCUT2D eigenvalue weighted by Crippen LogP contribution is 2.42. The average Bonchev–Trinajstić information content (AvgIpc) is 3.41. The second kappa shape index (κ2) is 9.58. The fourth-order valence-electron chi connectivity index (χ4n) is 4.96. The number of hydrogen-bond acceptors (Lipinski definition) is 6. The molecule has 1 fully saturated rings. The molecule has 2 aliphatic rings. The Morgan fingerprint density at radius 3 is 2.94 bits per heavy atom. The summed E-state index contributed by atoms with van der Waals surface area (Å²) < 4.78 is 26.0. The molecule has 184 valence electrons. The number of rotatable bonds is 7. The summed E-state index contributed by atoms with van der Waals surface area (Å²) in [5.41, 5.74) is 3.74. The number of hydrogen-bond donors (Lipinski definition) is 3. The first-order chi connectivity index (χ1) is 17.0. The van der Waals surface area contributed by atoms with Crippen molar-refractivity contribution >= 4 is 17.3 Å². The van der Waals surface area contributed by atoms with Gasteiger partial charge < -0.3 is 30.0 Å². The highest BCUT2D eigenvalue weighted by Gasteiger charge is 2.31. The number of carbonyl (C=O) groups is 1. The smallest absolute Gasteiger partial charge is 0.255 e. The van der Waals surface area contributed by atoms with E-state index in [-0.39, 0.29) is 17.7 Å². The third-order valence-corrected chi connectivity index (χ3v) is 6.78. The van der Waals surface area contributed by atoms with Gasteiger partial charge in [0.2, 0.25) is 0 Å². The maximum atomic E-state index is 14.4. The molecule has 5 rings (SSSR count). The first-order valence-corrected chi connectivity index (χ1v) is 11.9. The van der Waals surface area contributed by atoms with E-state index in [0.717, 1.165) is 30.6 Å². The zero-order valence-electron chi connectivity index (χ0n) is 20.2. The number of nitrogens with zero attached hydrogens (tertiary/aromatic N) is 2. The van der Waals surface area contributed by atoms with Gasteiger partial charge in [-0.15, -0.1) is 0 Å². The quantitative estimate of drug-likeness (QED) is 0.472. The Hall–Kier alpha value is -3.59. The molecule has 1 saturated heterocycles. The van der Waals surface area contributed by atoms with Crippen LogP contribution in [0.2, 0.25) is 0 Å². The lowest BCUT2D eigenvalue weighted by Crippen LogP contribution is -2.39. The van der Waals surface area contributed by atoms with Gasteiger partial charge in [-0.1, -0.05) is 6.07 Å². The van der Waals surface area contributed by atoms with Crippen LogP contribution in [-0.2, 0) is 6.42 Å². The van der Waals surface area contributed by atoms with E-state index in [0.29, 0.717) is 47.5 Å². The van der Waals surface area contributed by atoms with Gasteiger partial charge in [0.25, 0.3) is 5.91 Å². The van der Waals surface area contributed by atoms with Gasteiger partial charge >= 0.3 is 0 Å². The normalized spacial score (nSPS) is 19.8. The van der Waals surface area contributed by atoms with E-state index in [1.165, 1.54) is 13.2 Å². The number of pyridine rings is 1. The number of para-hydroxylation sites is 1. The predicted molar refractivity (Wildman–Crippen MR) is 132 cm³/mol. The molecule has 0 saturated carbocycles. The number of benzene rings is 1. The molecule has 2 aliphatic heterocycles. The average molecular weight is 480 g/mol. The molecule has 2 atom stereocenters. The minimum Gasteiger partial charge on any atom is -0.492 e. The molecule has 0 unspecified atom stereocenters. The number of carbonyl (C=O) groups excluding carboxylic acids is 1. The van der Waals surface area contributed by atoms with Crippen LogP contribution in [-0.4, -0.2) is 60.2 Å². The standard InChI is InChI=1S/C26H30FN5O3/c1-15-12-20-22(26(33)29-15)24(30-19-8-4-7-18(27)25(19)34-3)23(31-20)17-9-10-28-13-21(17)35-14-16-6-5-11-32(16)2/h4,7-10,13,15-16,30-31H,5-6,11-12,14H2,1-3H3,(H,29,33)/t15-,16-/m1/s1. The molecule has 1 amide bonds. The Morgan fingerprint density at radius 2 is 2.17 bits per heavy atom. The Morgan fingerprint density at radius 1 is 1.31 bits per heavy atom. The highest BCUT2D eigenvalue weighted by molar-refractivity contribution is 6.06. The van der Waals surface area contributed by atoms with Gasteiger partial charge in [-0.25, -0.2) is 4.39 Å². The number of nitrogens with one attached hydrogen (secondary N) is 3. The molecule has 35 heavy (non-hydrogen) atoms. The van der Waals surface area contributed by atoms with Crippen molar-refractivity contribution in [1.29, 1.82) is 0 Å². The largest absolute Gasteiger partial charge is 0.492 e. The van der Waals surface area contributed by atoms with Gasteiger partial charge in [-0.2, -0.15) is 0 Å². The van der Waals surface area contributed by atoms with E-state index in [1.54, 1.807) is 24.5 Å². The van der Waals surface area contributed by atoms with E-state index < -0.39 is 5.82 Å². The van der Waals surface area contributed by atoms with Crippen molar-refractivity contribution in [2.24, 2.45) is 0 Å². The van der Waals surface area contributed by atoms with Gasteiger partial charge in [-0.3, -0.25) is 9.78 Å². The van der Waals surface area contributed by atoms with Crippen LogP contribution in [0.4, 0.5) is 15.8 Å². The summed E-state index contributed by atoms with van der Waals surface area (Å²) >= 11 is 0. The third kappa shape index (κ3) is 4.43. The highest BCUT2D eigenvalue weighted by atomic mass is 19.1. The minimum atomic E-state index is -0.491. The van der Waals surface area contributed by atoms with Gasteiger partial charge in [0, 0.05) is 36.0 Å². The van der Waals surface area contributed by atoms with Crippen molar-refractivity contribution in [1.82, 2.24) is 20.2 Å². The van der Waals surface area contributed by atoms with Gasteiger partial charge in [0.15, 0.2) is 11.6 Å². The molecule has 0 bridgehead atoms. The van der Waals surface area contributed by atoms with E-state index in [1.807, 2.05) is 13.0 Å². The zero-order chi connectivity index (χ0) is 24.5. The number of aromatic amines is 1. The van der Waals surface area contributed by atoms with E-state index in [4.69, 9.17) is 9.47 Å². The fraction of sp³-hybridized carbons (Fsp3) is 0.385. The Balaban J connectivity index is 1.58. The number of H-pyrrole nitrogens is 1.